The Morgan fingerprint density at radius 2 is 1.60 bits per heavy atom. The van der Waals surface area contributed by atoms with Gasteiger partial charge in [0, 0.05) is 23.1 Å². The summed E-state index contributed by atoms with van der Waals surface area (Å²) in [5.41, 5.74) is 7.76. The van der Waals surface area contributed by atoms with Crippen LogP contribution in [0.1, 0.15) is 50.5 Å². The standard InChI is InChI=1S/C17H27BrN2/c1-20(13-15-7-9-16(18)10-8-15)17(14-19)11-5-3-2-4-6-12-17/h7-10H,2-6,11-14,19H2,1H3. The molecule has 0 aromatic heterocycles. The van der Waals surface area contributed by atoms with Crippen molar-refractivity contribution in [2.45, 2.75) is 57.0 Å². The van der Waals surface area contributed by atoms with E-state index in [2.05, 4.69) is 52.1 Å². The second kappa shape index (κ2) is 7.58. The minimum absolute atomic E-state index is 0.202. The molecule has 0 saturated heterocycles. The molecular formula is C17H27BrN2. The van der Waals surface area contributed by atoms with Crippen molar-refractivity contribution in [3.05, 3.63) is 34.3 Å². The molecule has 0 bridgehead atoms. The van der Waals surface area contributed by atoms with Gasteiger partial charge in [0.15, 0.2) is 0 Å². The van der Waals surface area contributed by atoms with Crippen molar-refractivity contribution in [1.82, 2.24) is 4.90 Å². The minimum atomic E-state index is 0.202. The lowest BCUT2D eigenvalue weighted by Crippen LogP contribution is -2.52. The van der Waals surface area contributed by atoms with Gasteiger partial charge >= 0.3 is 0 Å². The summed E-state index contributed by atoms with van der Waals surface area (Å²) in [5, 5.41) is 0. The van der Waals surface area contributed by atoms with Crippen molar-refractivity contribution < 1.29 is 0 Å². The molecule has 0 aliphatic heterocycles. The highest BCUT2D eigenvalue weighted by atomic mass is 79.9. The lowest BCUT2D eigenvalue weighted by molar-refractivity contribution is 0.0865. The van der Waals surface area contributed by atoms with Gasteiger partial charge in [-0.15, -0.1) is 0 Å². The number of likely N-dealkylation sites (N-methyl/N-ethyl adjacent to an activating group) is 1. The fourth-order valence-electron chi connectivity index (χ4n) is 3.34. The van der Waals surface area contributed by atoms with Gasteiger partial charge in [-0.3, -0.25) is 4.90 Å². The summed E-state index contributed by atoms with van der Waals surface area (Å²) in [4.78, 5) is 2.50. The van der Waals surface area contributed by atoms with Crippen molar-refractivity contribution in [2.75, 3.05) is 13.6 Å². The Hall–Kier alpha value is -0.380. The SMILES string of the molecule is CN(Cc1ccc(Br)cc1)C1(CN)CCCCCCC1. The number of benzene rings is 1. The van der Waals surface area contributed by atoms with E-state index in [0.29, 0.717) is 0 Å². The number of nitrogens with two attached hydrogens (primary N) is 1. The van der Waals surface area contributed by atoms with Gasteiger partial charge in [-0.05, 0) is 37.6 Å². The monoisotopic (exact) mass is 338 g/mol. The Balaban J connectivity index is 2.06. The summed E-state index contributed by atoms with van der Waals surface area (Å²) in [5.74, 6) is 0. The molecule has 1 aromatic rings. The predicted octanol–water partition coefficient (Wildman–Crippen LogP) is 4.32. The van der Waals surface area contributed by atoms with Crippen LogP contribution in [0.2, 0.25) is 0 Å². The number of hydrogen-bond acceptors (Lipinski definition) is 2. The third-order valence-corrected chi connectivity index (χ3v) is 5.34. The maximum Gasteiger partial charge on any atom is 0.0332 e. The first-order valence-electron chi connectivity index (χ1n) is 7.82. The van der Waals surface area contributed by atoms with Gasteiger partial charge in [0.25, 0.3) is 0 Å². The van der Waals surface area contributed by atoms with Crippen LogP contribution in [0.25, 0.3) is 0 Å². The zero-order valence-electron chi connectivity index (χ0n) is 12.6. The summed E-state index contributed by atoms with van der Waals surface area (Å²) in [6.07, 6.45) is 9.27. The van der Waals surface area contributed by atoms with Crippen LogP contribution < -0.4 is 5.73 Å². The summed E-state index contributed by atoms with van der Waals surface area (Å²) >= 11 is 3.50. The molecule has 2 rings (SSSR count). The smallest absolute Gasteiger partial charge is 0.0332 e. The molecule has 0 atom stereocenters. The summed E-state index contributed by atoms with van der Waals surface area (Å²) in [7, 11) is 2.25. The van der Waals surface area contributed by atoms with Crippen molar-refractivity contribution in [2.24, 2.45) is 5.73 Å². The van der Waals surface area contributed by atoms with E-state index < -0.39 is 0 Å². The van der Waals surface area contributed by atoms with E-state index in [0.717, 1.165) is 17.6 Å². The van der Waals surface area contributed by atoms with Crippen LogP contribution in [0.5, 0.6) is 0 Å². The lowest BCUT2D eigenvalue weighted by atomic mass is 9.82. The number of hydrogen-bond donors (Lipinski definition) is 1. The normalized spacial score (nSPS) is 19.6. The fourth-order valence-corrected chi connectivity index (χ4v) is 3.60. The van der Waals surface area contributed by atoms with Crippen LogP contribution in [-0.2, 0) is 6.54 Å². The van der Waals surface area contributed by atoms with Crippen molar-refractivity contribution >= 4 is 15.9 Å². The average molecular weight is 339 g/mol. The van der Waals surface area contributed by atoms with Gasteiger partial charge in [-0.1, -0.05) is 60.2 Å². The van der Waals surface area contributed by atoms with Crippen LogP contribution >= 0.6 is 15.9 Å². The van der Waals surface area contributed by atoms with Crippen LogP contribution in [0.3, 0.4) is 0 Å². The molecule has 2 nitrogen and oxygen atoms in total. The minimum Gasteiger partial charge on any atom is -0.329 e. The van der Waals surface area contributed by atoms with E-state index in [1.54, 1.807) is 0 Å². The fraction of sp³-hybridized carbons (Fsp3) is 0.647. The van der Waals surface area contributed by atoms with Gasteiger partial charge in [-0.2, -0.15) is 0 Å². The van der Waals surface area contributed by atoms with E-state index in [9.17, 15) is 0 Å². The first kappa shape index (κ1) is 16.0. The zero-order valence-corrected chi connectivity index (χ0v) is 14.2. The molecule has 3 heteroatoms. The van der Waals surface area contributed by atoms with E-state index in [-0.39, 0.29) is 5.54 Å². The van der Waals surface area contributed by atoms with E-state index in [1.165, 1.54) is 50.5 Å². The summed E-state index contributed by atoms with van der Waals surface area (Å²) in [6, 6.07) is 8.65. The molecule has 1 aromatic carbocycles. The quantitative estimate of drug-likeness (QED) is 0.885. The van der Waals surface area contributed by atoms with Crippen LogP contribution in [0.15, 0.2) is 28.7 Å². The summed E-state index contributed by atoms with van der Waals surface area (Å²) < 4.78 is 1.14. The van der Waals surface area contributed by atoms with E-state index in [4.69, 9.17) is 5.73 Å². The van der Waals surface area contributed by atoms with Crippen LogP contribution in [0, 0.1) is 0 Å². The Morgan fingerprint density at radius 3 is 2.15 bits per heavy atom. The molecule has 0 amide bonds. The highest BCUT2D eigenvalue weighted by Crippen LogP contribution is 2.31. The first-order valence-corrected chi connectivity index (χ1v) is 8.61. The molecule has 1 fully saturated rings. The maximum atomic E-state index is 6.19. The van der Waals surface area contributed by atoms with E-state index >= 15 is 0 Å². The predicted molar refractivity (Wildman–Crippen MR) is 89.7 cm³/mol. The summed E-state index contributed by atoms with van der Waals surface area (Å²) in [6.45, 7) is 1.77. The third kappa shape index (κ3) is 4.06. The molecular weight excluding hydrogens is 312 g/mol. The van der Waals surface area contributed by atoms with Crippen LogP contribution in [-0.4, -0.2) is 24.0 Å². The Kier molecular flexibility index (Phi) is 6.06. The molecule has 1 aliphatic carbocycles. The largest absolute Gasteiger partial charge is 0.329 e. The second-order valence-electron chi connectivity index (χ2n) is 6.18. The average Bonchev–Trinajstić information content (AvgIpc) is 2.42. The van der Waals surface area contributed by atoms with Crippen LogP contribution in [0.4, 0.5) is 0 Å². The highest BCUT2D eigenvalue weighted by molar-refractivity contribution is 9.10. The molecule has 0 unspecified atom stereocenters. The van der Waals surface area contributed by atoms with Gasteiger partial charge in [0.2, 0.25) is 0 Å². The van der Waals surface area contributed by atoms with Gasteiger partial charge in [-0.25, -0.2) is 0 Å². The molecule has 1 saturated carbocycles. The maximum absolute atomic E-state index is 6.19. The van der Waals surface area contributed by atoms with Crippen molar-refractivity contribution in [1.29, 1.82) is 0 Å². The van der Waals surface area contributed by atoms with Crippen molar-refractivity contribution in [3.8, 4) is 0 Å². The van der Waals surface area contributed by atoms with Crippen molar-refractivity contribution in [3.63, 3.8) is 0 Å². The topological polar surface area (TPSA) is 29.3 Å². The molecule has 20 heavy (non-hydrogen) atoms. The second-order valence-corrected chi connectivity index (χ2v) is 7.09. The number of nitrogens with zero attached hydrogens (tertiary/aromatic N) is 1. The highest BCUT2D eigenvalue weighted by Gasteiger charge is 2.32. The van der Waals surface area contributed by atoms with Gasteiger partial charge in [0.05, 0.1) is 0 Å². The zero-order chi connectivity index (χ0) is 14.4. The Bertz CT molecular complexity index is 394. The Morgan fingerprint density at radius 1 is 1.05 bits per heavy atom. The molecule has 1 aliphatic rings. The Labute approximate surface area is 131 Å². The lowest BCUT2D eigenvalue weighted by Gasteiger charge is -2.43. The molecule has 0 radical (unpaired) electrons. The van der Waals surface area contributed by atoms with Gasteiger partial charge < -0.3 is 5.73 Å². The number of rotatable bonds is 4. The molecule has 0 heterocycles. The molecule has 2 N–H and O–H groups in total. The van der Waals surface area contributed by atoms with Gasteiger partial charge in [0.1, 0.15) is 0 Å². The third-order valence-electron chi connectivity index (χ3n) is 4.81. The molecule has 0 spiro atoms. The number of halogens is 1. The van der Waals surface area contributed by atoms with E-state index in [1.807, 2.05) is 0 Å². The molecule has 112 valence electrons. The first-order chi connectivity index (χ1) is 9.66.